The first-order valence-electron chi connectivity index (χ1n) is 15.1. The average Bonchev–Trinajstić information content (AvgIpc) is 3.01. The minimum absolute atomic E-state index is 0.0597. The Balaban J connectivity index is 1.46. The van der Waals surface area contributed by atoms with E-state index in [0.29, 0.717) is 0 Å². The minimum Gasteiger partial charge on any atom is -0.394 e. The number of nitrogens with zero attached hydrogens (tertiary/aromatic N) is 3. The number of aliphatic hydroxyl groups is 4. The van der Waals surface area contributed by atoms with Crippen LogP contribution in [-0.2, 0) is 28.1 Å². The summed E-state index contributed by atoms with van der Waals surface area (Å²) in [5, 5.41) is 49.2. The summed E-state index contributed by atoms with van der Waals surface area (Å²) in [6.07, 6.45) is -11.5. The fraction of sp³-hybridized carbons (Fsp3) is 0.613. The van der Waals surface area contributed by atoms with Crippen LogP contribution in [0.2, 0.25) is 5.04 Å². The number of aliphatic hydroxyl groups excluding tert-OH is 4. The monoisotopic (exact) mass is 645 g/mol. The highest BCUT2D eigenvalue weighted by atomic mass is 28.4. The first-order valence-corrected chi connectivity index (χ1v) is 17.0. The topological polar surface area (TPSA) is 185 Å². The van der Waals surface area contributed by atoms with Gasteiger partial charge >= 0.3 is 0 Å². The van der Waals surface area contributed by atoms with Gasteiger partial charge in [-0.05, 0) is 34.8 Å². The SMILES string of the molecule is CC1(C)OC[C@H]2O[C@@H](O[C@H]3[C@H](O)[C@@H](N=[N+]=[N-])[C@H](O[Si](c4ccccc4)(c4ccccc4)C(C)(C)C)O[C@@H]3CO)[C@H](O)[C@@H](O)[C@H]2O1. The van der Waals surface area contributed by atoms with Crippen LogP contribution in [-0.4, -0.2) is 109 Å². The normalized spacial score (nSPS) is 35.2. The zero-order chi connectivity index (χ0) is 32.6. The molecule has 5 rings (SSSR count). The lowest BCUT2D eigenvalue weighted by molar-refractivity contribution is -0.394. The summed E-state index contributed by atoms with van der Waals surface area (Å²) in [4.78, 5) is 2.97. The van der Waals surface area contributed by atoms with Gasteiger partial charge in [0.05, 0.1) is 19.3 Å². The second-order valence-electron chi connectivity index (χ2n) is 13.1. The second-order valence-corrected chi connectivity index (χ2v) is 17.4. The Labute approximate surface area is 263 Å². The van der Waals surface area contributed by atoms with Crippen LogP contribution < -0.4 is 10.4 Å². The van der Waals surface area contributed by atoms with Gasteiger partial charge in [-0.15, -0.1) is 0 Å². The Morgan fingerprint density at radius 1 is 0.933 bits per heavy atom. The largest absolute Gasteiger partial charge is 0.394 e. The van der Waals surface area contributed by atoms with Gasteiger partial charge in [-0.3, -0.25) is 0 Å². The Morgan fingerprint density at radius 2 is 1.53 bits per heavy atom. The molecule has 0 unspecified atom stereocenters. The molecule has 3 aliphatic rings. The van der Waals surface area contributed by atoms with Crippen molar-refractivity contribution in [1.29, 1.82) is 0 Å². The van der Waals surface area contributed by atoms with Crippen LogP contribution in [0.15, 0.2) is 65.8 Å². The molecule has 0 amide bonds. The first kappa shape index (κ1) is 33.9. The van der Waals surface area contributed by atoms with E-state index in [0.717, 1.165) is 10.4 Å². The van der Waals surface area contributed by atoms with Gasteiger partial charge in [-0.1, -0.05) is 86.5 Å². The molecular weight excluding hydrogens is 602 g/mol. The maximum Gasteiger partial charge on any atom is 0.264 e. The van der Waals surface area contributed by atoms with Crippen molar-refractivity contribution in [3.8, 4) is 0 Å². The van der Waals surface area contributed by atoms with Crippen molar-refractivity contribution < 1.29 is 48.5 Å². The van der Waals surface area contributed by atoms with Crippen LogP contribution in [0.25, 0.3) is 10.4 Å². The number of hydrogen-bond donors (Lipinski definition) is 4. The van der Waals surface area contributed by atoms with Gasteiger partial charge in [0.25, 0.3) is 8.32 Å². The number of rotatable bonds is 8. The molecule has 2 aromatic carbocycles. The van der Waals surface area contributed by atoms with Gasteiger partial charge in [-0.2, -0.15) is 0 Å². The molecule has 3 saturated heterocycles. The van der Waals surface area contributed by atoms with Crippen LogP contribution in [0.3, 0.4) is 0 Å². The highest BCUT2D eigenvalue weighted by Gasteiger charge is 2.57. The number of azide groups is 1. The van der Waals surface area contributed by atoms with Gasteiger partial charge in [0.2, 0.25) is 0 Å². The fourth-order valence-electron chi connectivity index (χ4n) is 6.46. The molecule has 3 heterocycles. The number of fused-ring (bicyclic) bond motifs is 1. The van der Waals surface area contributed by atoms with Crippen LogP contribution in [0.4, 0.5) is 0 Å². The Morgan fingerprint density at radius 3 is 2.07 bits per heavy atom. The number of hydrogen-bond acceptors (Lipinski definition) is 11. The smallest absolute Gasteiger partial charge is 0.264 e. The van der Waals surface area contributed by atoms with E-state index in [1.807, 2.05) is 60.7 Å². The third kappa shape index (κ3) is 6.56. The van der Waals surface area contributed by atoms with Gasteiger partial charge in [0.1, 0.15) is 42.7 Å². The Bertz CT molecular complexity index is 1280. The predicted molar refractivity (Wildman–Crippen MR) is 164 cm³/mol. The molecule has 13 nitrogen and oxygen atoms in total. The van der Waals surface area contributed by atoms with E-state index in [9.17, 15) is 26.0 Å². The van der Waals surface area contributed by atoms with E-state index in [-0.39, 0.29) is 6.61 Å². The van der Waals surface area contributed by atoms with Crippen LogP contribution in [0.5, 0.6) is 0 Å². The van der Waals surface area contributed by atoms with Crippen molar-refractivity contribution in [2.75, 3.05) is 13.2 Å². The minimum atomic E-state index is -3.26. The molecule has 45 heavy (non-hydrogen) atoms. The number of benzene rings is 2. The summed E-state index contributed by atoms with van der Waals surface area (Å²) < 4.78 is 36.7. The van der Waals surface area contributed by atoms with Crippen molar-refractivity contribution in [1.82, 2.24) is 0 Å². The van der Waals surface area contributed by atoms with Gasteiger partial charge < -0.3 is 48.5 Å². The van der Waals surface area contributed by atoms with Gasteiger partial charge in [0.15, 0.2) is 18.4 Å². The van der Waals surface area contributed by atoms with Gasteiger partial charge in [-0.25, -0.2) is 0 Å². The highest BCUT2D eigenvalue weighted by Crippen LogP contribution is 2.41. The first-order chi connectivity index (χ1) is 21.3. The second kappa shape index (κ2) is 13.4. The van der Waals surface area contributed by atoms with Crippen molar-refractivity contribution in [2.45, 2.75) is 107 Å². The molecule has 0 aliphatic carbocycles. The van der Waals surface area contributed by atoms with E-state index >= 15 is 0 Å². The quantitative estimate of drug-likeness (QED) is 0.141. The zero-order valence-electron chi connectivity index (χ0n) is 26.0. The Kier molecular flexibility index (Phi) is 10.1. The summed E-state index contributed by atoms with van der Waals surface area (Å²) in [5.41, 5.74) is 9.56. The third-order valence-corrected chi connectivity index (χ3v) is 13.7. The molecule has 0 bridgehead atoms. The molecule has 2 aromatic rings. The summed E-state index contributed by atoms with van der Waals surface area (Å²) in [5.74, 6) is -0.989. The maximum atomic E-state index is 11.7. The van der Waals surface area contributed by atoms with E-state index in [4.69, 9.17) is 28.1 Å². The summed E-state index contributed by atoms with van der Waals surface area (Å²) in [6, 6.07) is 18.2. The summed E-state index contributed by atoms with van der Waals surface area (Å²) in [6.45, 7) is 9.03. The van der Waals surface area contributed by atoms with Crippen molar-refractivity contribution >= 4 is 18.7 Å². The molecule has 246 valence electrons. The van der Waals surface area contributed by atoms with E-state index in [1.165, 1.54) is 0 Å². The van der Waals surface area contributed by atoms with Crippen LogP contribution >= 0.6 is 0 Å². The lowest BCUT2D eigenvalue weighted by Gasteiger charge is -2.51. The van der Waals surface area contributed by atoms with Crippen LogP contribution in [0.1, 0.15) is 34.6 Å². The maximum absolute atomic E-state index is 11.7. The molecule has 14 heteroatoms. The van der Waals surface area contributed by atoms with Crippen molar-refractivity contribution in [3.63, 3.8) is 0 Å². The molecule has 0 spiro atoms. The predicted octanol–water partition coefficient (Wildman–Crippen LogP) is 1.30. The molecule has 0 aromatic heterocycles. The fourth-order valence-corrected chi connectivity index (χ4v) is 11.0. The lowest BCUT2D eigenvalue weighted by Crippen LogP contribution is -2.71. The van der Waals surface area contributed by atoms with E-state index in [2.05, 4.69) is 30.8 Å². The van der Waals surface area contributed by atoms with E-state index < -0.39 is 87.1 Å². The highest BCUT2D eigenvalue weighted by molar-refractivity contribution is 6.99. The van der Waals surface area contributed by atoms with Gasteiger partial charge in [0, 0.05) is 4.91 Å². The molecule has 4 N–H and O–H groups in total. The third-order valence-electron chi connectivity index (χ3n) is 8.66. The summed E-state index contributed by atoms with van der Waals surface area (Å²) in [7, 11) is -3.26. The lowest BCUT2D eigenvalue weighted by atomic mass is 9.95. The molecular formula is C31H43N3O10Si. The number of ether oxygens (including phenoxy) is 5. The molecule has 3 fully saturated rings. The van der Waals surface area contributed by atoms with E-state index in [1.54, 1.807) is 13.8 Å². The zero-order valence-corrected chi connectivity index (χ0v) is 27.0. The molecule has 3 aliphatic heterocycles. The Hall–Kier alpha value is -2.43. The average molecular weight is 646 g/mol. The molecule has 0 saturated carbocycles. The molecule has 10 atom stereocenters. The van der Waals surface area contributed by atoms with Crippen molar-refractivity contribution in [3.05, 3.63) is 71.1 Å². The molecule has 0 radical (unpaired) electrons. The standard InChI is InChI=1S/C31H43N3O10Si/c1-30(2,3)45(18-12-8-6-9-13-18,19-14-10-7-11-15-19)44-28-22(33-34-32)23(36)26(20(16-35)40-28)42-29-25(38)24(37)27-21(41-29)17-39-31(4,5)43-27/h6-15,20-29,35-38H,16-17H2,1-5H3/t20-,21-,22-,23-,24-,25-,26-,27+,28+,29+/m1/s1. The van der Waals surface area contributed by atoms with Crippen LogP contribution in [0, 0.1) is 0 Å². The summed E-state index contributed by atoms with van der Waals surface area (Å²) >= 11 is 0. The van der Waals surface area contributed by atoms with Crippen molar-refractivity contribution in [2.24, 2.45) is 5.11 Å².